The molecule has 39 heavy (non-hydrogen) atoms. The Kier molecular flexibility index (Phi) is 13.4. The minimum atomic E-state index is -2.36. The molecule has 1 aliphatic heterocycles. The number of hydrogen-bond donors (Lipinski definition) is 1. The number of ether oxygens (including phenoxy) is 3. The third-order valence-electron chi connectivity index (χ3n) is 5.12. The molecule has 3 amide bonds. The summed E-state index contributed by atoms with van der Waals surface area (Å²) in [4.78, 5) is 48.4. The molecule has 0 bridgehead atoms. The molecule has 2 rings (SSSR count). The fourth-order valence-electron chi connectivity index (χ4n) is 3.12. The summed E-state index contributed by atoms with van der Waals surface area (Å²) in [5, 5.41) is 2.66. The number of nitrogens with one attached hydrogen (secondary N) is 1. The smallest absolute Gasteiger partial charge is 0.313 e. The van der Waals surface area contributed by atoms with E-state index in [0.29, 0.717) is 19.3 Å². The van der Waals surface area contributed by atoms with Crippen molar-refractivity contribution in [2.45, 2.75) is 32.1 Å². The van der Waals surface area contributed by atoms with Crippen molar-refractivity contribution in [3.05, 3.63) is 38.1 Å². The molecule has 1 aliphatic rings. The number of carbonyl (C=O) groups is 4. The van der Waals surface area contributed by atoms with E-state index in [-0.39, 0.29) is 60.8 Å². The summed E-state index contributed by atoms with van der Waals surface area (Å²) in [5.74, 6) is -15.3. The lowest BCUT2D eigenvalue weighted by atomic mass is 10.2. The van der Waals surface area contributed by atoms with E-state index in [4.69, 9.17) is 9.47 Å². The van der Waals surface area contributed by atoms with Gasteiger partial charge in [0.1, 0.15) is 8.96 Å². The van der Waals surface area contributed by atoms with Gasteiger partial charge in [-0.1, -0.05) is 6.42 Å². The Morgan fingerprint density at radius 2 is 1.26 bits per heavy atom. The predicted octanol–water partition coefficient (Wildman–Crippen LogP) is 3.76. The van der Waals surface area contributed by atoms with Gasteiger partial charge in [-0.2, -0.15) is 8.78 Å². The van der Waals surface area contributed by atoms with Gasteiger partial charge in [-0.3, -0.25) is 24.1 Å². The summed E-state index contributed by atoms with van der Waals surface area (Å²) in [6, 6.07) is 0. The van der Waals surface area contributed by atoms with Crippen LogP contribution in [0.3, 0.4) is 0 Å². The Balaban J connectivity index is 1.46. The van der Waals surface area contributed by atoms with E-state index < -0.39 is 59.0 Å². The van der Waals surface area contributed by atoms with Crippen LogP contribution < -0.4 is 10.1 Å². The first-order valence-electron chi connectivity index (χ1n) is 11.5. The molecular weight excluding hydrogens is 671 g/mol. The number of amides is 3. The van der Waals surface area contributed by atoms with Crippen LogP contribution in [0.25, 0.3) is 0 Å². The summed E-state index contributed by atoms with van der Waals surface area (Å²) >= 11 is 6.10. The lowest BCUT2D eigenvalue weighted by Gasteiger charge is -2.13. The Hall–Kier alpha value is -2.43. The lowest BCUT2D eigenvalue weighted by molar-refractivity contribution is -0.138. The van der Waals surface area contributed by atoms with Gasteiger partial charge in [-0.05, 0) is 44.7 Å². The second kappa shape index (κ2) is 16.0. The molecule has 0 radical (unpaired) electrons. The first kappa shape index (κ1) is 32.8. The summed E-state index contributed by atoms with van der Waals surface area (Å²) in [7, 11) is 0. The van der Waals surface area contributed by atoms with E-state index in [2.05, 4.69) is 41.9 Å². The van der Waals surface area contributed by atoms with Gasteiger partial charge in [-0.15, -0.1) is 0 Å². The van der Waals surface area contributed by atoms with Crippen molar-refractivity contribution >= 4 is 55.6 Å². The zero-order chi connectivity index (χ0) is 29.1. The number of imide groups is 1. The van der Waals surface area contributed by atoms with Crippen molar-refractivity contribution in [2.24, 2.45) is 0 Å². The lowest BCUT2D eigenvalue weighted by Crippen LogP contribution is -2.32. The Morgan fingerprint density at radius 3 is 1.85 bits per heavy atom. The minimum absolute atomic E-state index is 0.0223. The predicted molar refractivity (Wildman–Crippen MR) is 131 cm³/mol. The van der Waals surface area contributed by atoms with Gasteiger partial charge in [0.25, 0.3) is 11.8 Å². The van der Waals surface area contributed by atoms with Crippen LogP contribution in [0.1, 0.15) is 32.1 Å². The maximum atomic E-state index is 13.5. The highest BCUT2D eigenvalue weighted by atomic mass is 79.9. The number of halogens is 7. The van der Waals surface area contributed by atoms with Crippen LogP contribution in [0.5, 0.6) is 5.75 Å². The Bertz CT molecular complexity index is 1080. The van der Waals surface area contributed by atoms with Crippen molar-refractivity contribution in [3.63, 3.8) is 0 Å². The highest BCUT2D eigenvalue weighted by Crippen LogP contribution is 2.30. The van der Waals surface area contributed by atoms with Gasteiger partial charge < -0.3 is 19.5 Å². The van der Waals surface area contributed by atoms with Crippen molar-refractivity contribution in [1.29, 1.82) is 0 Å². The molecule has 0 atom stereocenters. The largest absolute Gasteiger partial charge is 0.420 e. The van der Waals surface area contributed by atoms with Gasteiger partial charge in [0.2, 0.25) is 40.7 Å². The van der Waals surface area contributed by atoms with E-state index in [1.165, 1.54) is 0 Å². The molecule has 0 fully saturated rings. The van der Waals surface area contributed by atoms with Gasteiger partial charge in [0.15, 0.2) is 0 Å². The first-order valence-corrected chi connectivity index (χ1v) is 13.1. The van der Waals surface area contributed by atoms with E-state index in [9.17, 15) is 41.1 Å². The highest BCUT2D eigenvalue weighted by Gasteiger charge is 2.35. The molecule has 1 aromatic rings. The van der Waals surface area contributed by atoms with Crippen LogP contribution >= 0.6 is 31.9 Å². The third kappa shape index (κ3) is 9.32. The van der Waals surface area contributed by atoms with Crippen LogP contribution in [0.2, 0.25) is 0 Å². The molecule has 0 unspecified atom stereocenters. The normalized spacial score (nSPS) is 13.5. The molecule has 0 spiro atoms. The molecule has 1 aromatic carbocycles. The van der Waals surface area contributed by atoms with Gasteiger partial charge in [0.05, 0.1) is 32.8 Å². The number of nitrogens with zero attached hydrogens (tertiary/aromatic N) is 1. The van der Waals surface area contributed by atoms with Crippen molar-refractivity contribution in [2.75, 3.05) is 39.5 Å². The van der Waals surface area contributed by atoms with E-state index >= 15 is 0 Å². The monoisotopic (exact) mass is 692 g/mol. The van der Waals surface area contributed by atoms with E-state index in [1.807, 2.05) is 0 Å². The zero-order valence-electron chi connectivity index (χ0n) is 20.2. The van der Waals surface area contributed by atoms with Gasteiger partial charge >= 0.3 is 5.97 Å². The number of rotatable bonds is 16. The molecule has 0 saturated heterocycles. The first-order chi connectivity index (χ1) is 18.5. The molecule has 9 nitrogen and oxygen atoms in total. The molecule has 1 heterocycles. The van der Waals surface area contributed by atoms with Crippen molar-refractivity contribution < 1.29 is 55.3 Å². The number of unbranched alkanes of at least 4 members (excludes halogenated alkanes) is 2. The molecule has 0 aliphatic carbocycles. The number of carbonyl (C=O) groups excluding carboxylic acids is 4. The maximum Gasteiger partial charge on any atom is 0.313 e. The van der Waals surface area contributed by atoms with Gasteiger partial charge in [0, 0.05) is 19.5 Å². The van der Waals surface area contributed by atoms with Crippen LogP contribution in [-0.2, 0) is 28.7 Å². The standard InChI is InChI=1S/C23H23Br2F5N2O7/c24-14-15(25)23(36)32(22(14)35)7-3-1-2-4-12(33)31-6-9-38-11-10-37-8-5-13(34)39-21-19(29)17(27)16(26)18(28)20(21)30/h1-11H2,(H,31,33). The Labute approximate surface area is 236 Å². The molecule has 16 heteroatoms. The summed E-state index contributed by atoms with van der Waals surface area (Å²) < 4.78 is 81.1. The average Bonchev–Trinajstić information content (AvgIpc) is 3.09. The molecular formula is C23H23Br2F5N2O7. The number of benzene rings is 1. The second-order valence-corrected chi connectivity index (χ2v) is 9.48. The topological polar surface area (TPSA) is 111 Å². The fourth-order valence-corrected chi connectivity index (χ4v) is 3.89. The zero-order valence-corrected chi connectivity index (χ0v) is 23.4. The van der Waals surface area contributed by atoms with Crippen LogP contribution in [0, 0.1) is 29.1 Å². The average molecular weight is 694 g/mol. The summed E-state index contributed by atoms with van der Waals surface area (Å²) in [5.41, 5.74) is 0. The van der Waals surface area contributed by atoms with Crippen molar-refractivity contribution in [1.82, 2.24) is 10.2 Å². The minimum Gasteiger partial charge on any atom is -0.420 e. The fraction of sp³-hybridized carbons (Fsp3) is 0.478. The number of esters is 1. The molecule has 216 valence electrons. The van der Waals surface area contributed by atoms with Crippen molar-refractivity contribution in [3.8, 4) is 5.75 Å². The molecule has 0 aromatic heterocycles. The van der Waals surface area contributed by atoms with Crippen LogP contribution in [0.15, 0.2) is 8.96 Å². The SMILES string of the molecule is O=C(CCCCCN1C(=O)C(Br)=C(Br)C1=O)NCCOCCOCCC(=O)Oc1c(F)c(F)c(F)c(F)c1F. The third-order valence-corrected chi connectivity index (χ3v) is 7.12. The van der Waals surface area contributed by atoms with E-state index in [1.54, 1.807) is 0 Å². The summed E-state index contributed by atoms with van der Waals surface area (Å²) in [6.07, 6.45) is 1.51. The summed E-state index contributed by atoms with van der Waals surface area (Å²) in [6.45, 7) is 0.516. The van der Waals surface area contributed by atoms with E-state index in [0.717, 1.165) is 4.90 Å². The van der Waals surface area contributed by atoms with Crippen LogP contribution in [-0.4, -0.2) is 68.1 Å². The quantitative estimate of drug-likeness (QED) is 0.0534. The highest BCUT2D eigenvalue weighted by molar-refractivity contribution is 9.14. The van der Waals surface area contributed by atoms with Crippen LogP contribution in [0.4, 0.5) is 22.0 Å². The second-order valence-electron chi connectivity index (χ2n) is 7.90. The molecule has 1 N–H and O–H groups in total. The molecule has 0 saturated carbocycles. The Morgan fingerprint density at radius 1 is 0.718 bits per heavy atom. The maximum absolute atomic E-state index is 13.5. The number of hydrogen-bond acceptors (Lipinski definition) is 7. The van der Waals surface area contributed by atoms with Gasteiger partial charge in [-0.25, -0.2) is 13.2 Å².